The van der Waals surface area contributed by atoms with Crippen molar-refractivity contribution >= 4 is 27.4 Å². The molecule has 3 rings (SSSR count). The van der Waals surface area contributed by atoms with E-state index in [9.17, 15) is 18.0 Å². The number of furan rings is 1. The van der Waals surface area contributed by atoms with E-state index >= 15 is 0 Å². The maximum atomic E-state index is 13.1. The fraction of sp³-hybridized carbons (Fsp3) is 0.143. The predicted molar refractivity (Wildman–Crippen MR) is 108 cm³/mol. The number of rotatable bonds is 8. The van der Waals surface area contributed by atoms with Crippen molar-refractivity contribution in [3.63, 3.8) is 0 Å². The Labute approximate surface area is 169 Å². The van der Waals surface area contributed by atoms with Crippen LogP contribution < -0.4 is 5.32 Å². The standard InChI is InChI=1S/C21H20N2O5S/c1-16(24)17-9-11-20(12-10-17)29(26,27)23(14-19-8-5-13-28-19)15-21(25)22-18-6-3-2-4-7-18/h2-13H,14-15H2,1H3,(H,22,25). The van der Waals surface area contributed by atoms with Crippen molar-refractivity contribution in [3.8, 4) is 0 Å². The molecule has 0 spiro atoms. The van der Waals surface area contributed by atoms with Gasteiger partial charge in [0.05, 0.1) is 24.2 Å². The molecule has 0 saturated heterocycles. The molecule has 0 fully saturated rings. The summed E-state index contributed by atoms with van der Waals surface area (Å²) in [7, 11) is -4.01. The number of Topliss-reactive ketones (excluding diaryl/α,β-unsaturated/α-hetero) is 1. The number of nitrogens with one attached hydrogen (secondary N) is 1. The van der Waals surface area contributed by atoms with Gasteiger partial charge >= 0.3 is 0 Å². The zero-order chi connectivity index (χ0) is 20.9. The molecule has 7 nitrogen and oxygen atoms in total. The third-order valence-corrected chi connectivity index (χ3v) is 5.99. The molecule has 0 radical (unpaired) electrons. The Morgan fingerprint density at radius 2 is 1.66 bits per heavy atom. The van der Waals surface area contributed by atoms with Gasteiger partial charge in [0.15, 0.2) is 5.78 Å². The van der Waals surface area contributed by atoms with Crippen LogP contribution in [0.3, 0.4) is 0 Å². The number of sulfonamides is 1. The fourth-order valence-corrected chi connectivity index (χ4v) is 4.06. The number of amides is 1. The summed E-state index contributed by atoms with van der Waals surface area (Å²) in [5.74, 6) is -0.239. The van der Waals surface area contributed by atoms with Gasteiger partial charge in [0.2, 0.25) is 15.9 Å². The lowest BCUT2D eigenvalue weighted by Gasteiger charge is -2.21. The van der Waals surface area contributed by atoms with Gasteiger partial charge in [-0.05, 0) is 43.3 Å². The number of ketones is 1. The Balaban J connectivity index is 1.85. The summed E-state index contributed by atoms with van der Waals surface area (Å²) < 4.78 is 32.6. The summed E-state index contributed by atoms with van der Waals surface area (Å²) in [6.07, 6.45) is 1.44. The number of para-hydroxylation sites is 1. The van der Waals surface area contributed by atoms with Gasteiger partial charge in [-0.1, -0.05) is 30.3 Å². The van der Waals surface area contributed by atoms with Crippen LogP contribution in [0.5, 0.6) is 0 Å². The highest BCUT2D eigenvalue weighted by Crippen LogP contribution is 2.20. The monoisotopic (exact) mass is 412 g/mol. The Kier molecular flexibility index (Phi) is 6.26. The van der Waals surface area contributed by atoms with Crippen LogP contribution in [0.25, 0.3) is 0 Å². The molecule has 8 heteroatoms. The number of nitrogens with zero attached hydrogens (tertiary/aromatic N) is 1. The molecule has 1 N–H and O–H groups in total. The molecular weight excluding hydrogens is 392 g/mol. The van der Waals surface area contributed by atoms with Crippen molar-refractivity contribution < 1.29 is 22.4 Å². The molecule has 0 unspecified atom stereocenters. The summed E-state index contributed by atoms with van der Waals surface area (Å²) in [4.78, 5) is 23.9. The zero-order valence-electron chi connectivity index (χ0n) is 15.7. The van der Waals surface area contributed by atoms with Gasteiger partial charge in [-0.2, -0.15) is 4.31 Å². The first-order valence-corrected chi connectivity index (χ1v) is 10.3. The van der Waals surface area contributed by atoms with E-state index in [1.807, 2.05) is 6.07 Å². The van der Waals surface area contributed by atoms with Gasteiger partial charge in [-0.3, -0.25) is 9.59 Å². The lowest BCUT2D eigenvalue weighted by Crippen LogP contribution is -2.37. The first-order chi connectivity index (χ1) is 13.9. The molecule has 0 aliphatic rings. The van der Waals surface area contributed by atoms with E-state index in [1.165, 1.54) is 37.5 Å². The highest BCUT2D eigenvalue weighted by molar-refractivity contribution is 7.89. The molecule has 0 bridgehead atoms. The second-order valence-electron chi connectivity index (χ2n) is 6.35. The lowest BCUT2D eigenvalue weighted by atomic mass is 10.2. The van der Waals surface area contributed by atoms with Gasteiger partial charge in [0.1, 0.15) is 5.76 Å². The molecule has 0 saturated carbocycles. The van der Waals surface area contributed by atoms with Crippen LogP contribution in [0.2, 0.25) is 0 Å². The van der Waals surface area contributed by atoms with Crippen molar-refractivity contribution in [3.05, 3.63) is 84.3 Å². The molecule has 0 atom stereocenters. The van der Waals surface area contributed by atoms with Crippen molar-refractivity contribution in [2.24, 2.45) is 0 Å². The molecule has 0 aliphatic heterocycles. The van der Waals surface area contributed by atoms with E-state index in [4.69, 9.17) is 4.42 Å². The van der Waals surface area contributed by atoms with Crippen LogP contribution in [-0.4, -0.2) is 31.0 Å². The summed E-state index contributed by atoms with van der Waals surface area (Å²) >= 11 is 0. The van der Waals surface area contributed by atoms with Crippen LogP contribution in [0.15, 0.2) is 82.3 Å². The molecular formula is C21H20N2O5S. The second-order valence-corrected chi connectivity index (χ2v) is 8.29. The lowest BCUT2D eigenvalue weighted by molar-refractivity contribution is -0.116. The minimum atomic E-state index is -4.01. The van der Waals surface area contributed by atoms with E-state index in [1.54, 1.807) is 36.4 Å². The molecule has 0 aliphatic carbocycles. The number of hydrogen-bond acceptors (Lipinski definition) is 5. The molecule has 29 heavy (non-hydrogen) atoms. The molecule has 3 aromatic rings. The van der Waals surface area contributed by atoms with E-state index in [-0.39, 0.29) is 17.2 Å². The van der Waals surface area contributed by atoms with Crippen LogP contribution in [0.4, 0.5) is 5.69 Å². The first kappa shape index (κ1) is 20.5. The number of carbonyl (C=O) groups excluding carboxylic acids is 2. The van der Waals surface area contributed by atoms with Crippen molar-refractivity contribution in [2.45, 2.75) is 18.4 Å². The quantitative estimate of drug-likeness (QED) is 0.573. The first-order valence-electron chi connectivity index (χ1n) is 8.85. The molecule has 1 heterocycles. The van der Waals surface area contributed by atoms with Crippen molar-refractivity contribution in [2.75, 3.05) is 11.9 Å². The van der Waals surface area contributed by atoms with Crippen molar-refractivity contribution in [1.82, 2.24) is 4.31 Å². The van der Waals surface area contributed by atoms with E-state index in [2.05, 4.69) is 5.32 Å². The second kappa shape index (κ2) is 8.85. The maximum absolute atomic E-state index is 13.1. The number of carbonyl (C=O) groups is 2. The summed E-state index contributed by atoms with van der Waals surface area (Å²) in [5, 5.41) is 2.68. The average molecular weight is 412 g/mol. The number of benzene rings is 2. The maximum Gasteiger partial charge on any atom is 0.243 e. The SMILES string of the molecule is CC(=O)c1ccc(S(=O)(=O)N(CC(=O)Nc2ccccc2)Cc2ccco2)cc1. The highest BCUT2D eigenvalue weighted by Gasteiger charge is 2.28. The largest absolute Gasteiger partial charge is 0.468 e. The van der Waals surface area contributed by atoms with Gasteiger partial charge in [0.25, 0.3) is 0 Å². The topological polar surface area (TPSA) is 96.7 Å². The minimum absolute atomic E-state index is 0.0124. The average Bonchev–Trinajstić information content (AvgIpc) is 3.21. The minimum Gasteiger partial charge on any atom is -0.468 e. The normalized spacial score (nSPS) is 11.4. The van der Waals surface area contributed by atoms with E-state index in [0.717, 1.165) is 4.31 Å². The van der Waals surface area contributed by atoms with Crippen LogP contribution in [0, 0.1) is 0 Å². The highest BCUT2D eigenvalue weighted by atomic mass is 32.2. The van der Waals surface area contributed by atoms with Crippen LogP contribution in [-0.2, 0) is 21.4 Å². The Bertz CT molecular complexity index is 1080. The fourth-order valence-electron chi connectivity index (χ4n) is 2.70. The Morgan fingerprint density at radius 3 is 2.24 bits per heavy atom. The van der Waals surface area contributed by atoms with Gasteiger partial charge in [0, 0.05) is 11.3 Å². The molecule has 150 valence electrons. The van der Waals surface area contributed by atoms with E-state index in [0.29, 0.717) is 17.0 Å². The van der Waals surface area contributed by atoms with Gasteiger partial charge < -0.3 is 9.73 Å². The third kappa shape index (κ3) is 5.18. The zero-order valence-corrected chi connectivity index (χ0v) is 16.6. The smallest absolute Gasteiger partial charge is 0.243 e. The van der Waals surface area contributed by atoms with Crippen LogP contribution in [0.1, 0.15) is 23.0 Å². The number of hydrogen-bond donors (Lipinski definition) is 1. The number of anilines is 1. The van der Waals surface area contributed by atoms with E-state index < -0.39 is 22.5 Å². The summed E-state index contributed by atoms with van der Waals surface area (Å²) in [6.45, 7) is 0.902. The summed E-state index contributed by atoms with van der Waals surface area (Å²) in [6, 6.07) is 17.7. The predicted octanol–water partition coefficient (Wildman–Crippen LogP) is 3.31. The Hall–Kier alpha value is -3.23. The molecule has 1 aromatic heterocycles. The van der Waals surface area contributed by atoms with Gasteiger partial charge in [-0.25, -0.2) is 8.42 Å². The van der Waals surface area contributed by atoms with Gasteiger partial charge in [-0.15, -0.1) is 0 Å². The Morgan fingerprint density at radius 1 is 0.966 bits per heavy atom. The summed E-state index contributed by atoms with van der Waals surface area (Å²) in [5.41, 5.74) is 0.974. The third-order valence-electron chi connectivity index (χ3n) is 4.19. The molecule has 2 aromatic carbocycles. The molecule has 1 amide bonds. The van der Waals surface area contributed by atoms with Crippen molar-refractivity contribution in [1.29, 1.82) is 0 Å². The van der Waals surface area contributed by atoms with Crippen LogP contribution >= 0.6 is 0 Å².